The van der Waals surface area contributed by atoms with Crippen molar-refractivity contribution in [3.05, 3.63) is 56.1 Å². The van der Waals surface area contributed by atoms with Gasteiger partial charge in [0.2, 0.25) is 5.91 Å². The van der Waals surface area contributed by atoms with E-state index < -0.39 is 0 Å². The number of phenolic OH excluding ortho intramolecular Hbond substituents is 2. The van der Waals surface area contributed by atoms with E-state index in [9.17, 15) is 19.8 Å². The van der Waals surface area contributed by atoms with E-state index in [0.717, 1.165) is 65.9 Å². The number of aromatic hydroxyl groups is 2. The minimum atomic E-state index is -0.170. The Bertz CT molecular complexity index is 1270. The number of rotatable bonds is 13. The number of halogens is 1. The molecule has 0 atom stereocenters. The number of hydrogen-bond donors (Lipinski definition) is 5. The predicted molar refractivity (Wildman–Crippen MR) is 154 cm³/mol. The van der Waals surface area contributed by atoms with Crippen LogP contribution in [0.4, 0.5) is 0 Å². The van der Waals surface area contributed by atoms with Crippen LogP contribution in [0.5, 0.6) is 11.5 Å². The van der Waals surface area contributed by atoms with Gasteiger partial charge in [-0.25, -0.2) is 0 Å². The van der Waals surface area contributed by atoms with E-state index in [1.807, 2.05) is 12.1 Å². The van der Waals surface area contributed by atoms with Crippen molar-refractivity contribution >= 4 is 39.1 Å². The highest BCUT2D eigenvalue weighted by Gasteiger charge is 2.24. The fraction of sp³-hybridized carbons (Fsp3) is 0.500. The number of thiazole rings is 1. The number of carbonyl (C=O) groups is 1. The minimum absolute atomic E-state index is 0.0860. The van der Waals surface area contributed by atoms with Gasteiger partial charge < -0.3 is 30.7 Å². The van der Waals surface area contributed by atoms with Crippen molar-refractivity contribution in [1.29, 1.82) is 0 Å². The summed E-state index contributed by atoms with van der Waals surface area (Å²) in [5, 5.41) is 26.7. The smallest absolute Gasteiger partial charge is 0.305 e. The molecular weight excluding hydrogens is 524 g/mol. The van der Waals surface area contributed by atoms with Gasteiger partial charge in [-0.3, -0.25) is 9.59 Å². The van der Waals surface area contributed by atoms with Crippen LogP contribution >= 0.6 is 22.9 Å². The summed E-state index contributed by atoms with van der Waals surface area (Å²) in [7, 11) is 0. The van der Waals surface area contributed by atoms with Gasteiger partial charge in [0.1, 0.15) is 17.0 Å². The number of hydrogen-bond acceptors (Lipinski definition) is 7. The van der Waals surface area contributed by atoms with Crippen LogP contribution in [-0.4, -0.2) is 64.8 Å². The molecule has 0 bridgehead atoms. The minimum Gasteiger partial charge on any atom is -0.506 e. The molecule has 3 aromatic rings. The Hall–Kier alpha value is -2.59. The average molecular weight is 561 g/mol. The number of aromatic amines is 1. The lowest BCUT2D eigenvalue weighted by molar-refractivity contribution is -0.134. The Labute approximate surface area is 232 Å². The molecule has 1 heterocycles. The molecule has 10 heteroatoms. The van der Waals surface area contributed by atoms with Crippen molar-refractivity contribution in [2.45, 2.75) is 57.4 Å². The molecule has 1 aliphatic rings. The molecule has 1 aliphatic carbocycles. The zero-order valence-electron chi connectivity index (χ0n) is 21.6. The summed E-state index contributed by atoms with van der Waals surface area (Å²) in [6.45, 7) is 3.47. The molecule has 8 nitrogen and oxygen atoms in total. The third kappa shape index (κ3) is 7.72. The molecule has 38 heavy (non-hydrogen) atoms. The Balaban J connectivity index is 1.22. The van der Waals surface area contributed by atoms with Gasteiger partial charge in [0.25, 0.3) is 0 Å². The van der Waals surface area contributed by atoms with Crippen LogP contribution < -0.4 is 15.5 Å². The Morgan fingerprint density at radius 2 is 1.74 bits per heavy atom. The summed E-state index contributed by atoms with van der Waals surface area (Å²) in [6, 6.07) is 9.03. The molecule has 1 amide bonds. The molecule has 2 aromatic carbocycles. The van der Waals surface area contributed by atoms with Gasteiger partial charge in [0.05, 0.1) is 9.72 Å². The number of H-pyrrole nitrogens is 1. The Morgan fingerprint density at radius 1 is 1.00 bits per heavy atom. The van der Waals surface area contributed by atoms with Crippen molar-refractivity contribution in [1.82, 2.24) is 20.5 Å². The first kappa shape index (κ1) is 28.4. The van der Waals surface area contributed by atoms with Crippen LogP contribution in [0.25, 0.3) is 10.2 Å². The number of fused-ring (bicyclic) bond motifs is 1. The summed E-state index contributed by atoms with van der Waals surface area (Å²) in [5.41, 5.74) is 2.57. The van der Waals surface area contributed by atoms with E-state index in [-0.39, 0.29) is 22.3 Å². The molecule has 1 fully saturated rings. The van der Waals surface area contributed by atoms with Gasteiger partial charge >= 0.3 is 4.87 Å². The fourth-order valence-corrected chi connectivity index (χ4v) is 6.22. The summed E-state index contributed by atoms with van der Waals surface area (Å²) in [4.78, 5) is 29.5. The lowest BCUT2D eigenvalue weighted by atomic mass is 9.94. The van der Waals surface area contributed by atoms with Crippen LogP contribution in [0.3, 0.4) is 0 Å². The van der Waals surface area contributed by atoms with Crippen molar-refractivity contribution < 1.29 is 15.0 Å². The second-order valence-electron chi connectivity index (χ2n) is 9.88. The van der Waals surface area contributed by atoms with E-state index in [1.165, 1.54) is 19.3 Å². The molecular formula is C28H37ClN4O4S. The summed E-state index contributed by atoms with van der Waals surface area (Å²) < 4.78 is 0.803. The maximum atomic E-state index is 13.2. The van der Waals surface area contributed by atoms with E-state index in [4.69, 9.17) is 11.6 Å². The summed E-state index contributed by atoms with van der Waals surface area (Å²) >= 11 is 7.10. The molecule has 0 spiro atoms. The maximum absolute atomic E-state index is 13.2. The number of nitrogens with zero attached hydrogens (tertiary/aromatic N) is 1. The first-order chi connectivity index (χ1) is 18.4. The third-order valence-electron chi connectivity index (χ3n) is 7.19. The summed E-state index contributed by atoms with van der Waals surface area (Å²) in [5.74, 6) is 0.370. The number of carbonyl (C=O) groups excluding carboxylic acids is 1. The zero-order valence-corrected chi connectivity index (χ0v) is 23.2. The second-order valence-corrected chi connectivity index (χ2v) is 11.3. The first-order valence-corrected chi connectivity index (χ1v) is 14.6. The van der Waals surface area contributed by atoms with E-state index in [0.29, 0.717) is 42.6 Å². The second kappa shape index (κ2) is 14.0. The van der Waals surface area contributed by atoms with Crippen molar-refractivity contribution in [2.75, 3.05) is 32.7 Å². The number of aromatic nitrogens is 1. The summed E-state index contributed by atoms with van der Waals surface area (Å²) in [6.07, 6.45) is 7.70. The average Bonchev–Trinajstić information content (AvgIpc) is 3.32. The standard InChI is InChI=1S/C28H37ClN4O4S/c29-22-18-19(6-8-23(22)34)10-13-30-15-12-25(36)33(21-4-2-1-3-5-21)17-16-31-14-11-20-7-9-24(35)26-27(20)38-28(37)32-26/h6-9,18,21,30-31,34-35H,1-5,10-17H2,(H,32,37). The molecule has 0 saturated heterocycles. The first-order valence-electron chi connectivity index (χ1n) is 13.4. The van der Waals surface area contributed by atoms with Crippen molar-refractivity contribution in [2.24, 2.45) is 0 Å². The highest BCUT2D eigenvalue weighted by Crippen LogP contribution is 2.28. The van der Waals surface area contributed by atoms with Gasteiger partial charge in [-0.1, -0.05) is 54.3 Å². The highest BCUT2D eigenvalue weighted by molar-refractivity contribution is 7.16. The molecule has 1 saturated carbocycles. The molecule has 0 radical (unpaired) electrons. The van der Waals surface area contributed by atoms with Gasteiger partial charge in [0.15, 0.2) is 0 Å². The monoisotopic (exact) mass is 560 g/mol. The normalized spacial score (nSPS) is 14.2. The SMILES string of the molecule is O=C(CCNCCc1ccc(O)c(Cl)c1)N(CCNCCc1ccc(O)c2[nH]c(=O)sc12)C1CCCCC1. The lowest BCUT2D eigenvalue weighted by Gasteiger charge is -2.34. The van der Waals surface area contributed by atoms with E-state index >= 15 is 0 Å². The van der Waals surface area contributed by atoms with Crippen molar-refractivity contribution in [3.63, 3.8) is 0 Å². The van der Waals surface area contributed by atoms with Crippen molar-refractivity contribution in [3.8, 4) is 11.5 Å². The van der Waals surface area contributed by atoms with Crippen LogP contribution in [0.15, 0.2) is 35.1 Å². The number of amides is 1. The largest absolute Gasteiger partial charge is 0.506 e. The quantitative estimate of drug-likeness (QED) is 0.200. The predicted octanol–water partition coefficient (Wildman–Crippen LogP) is 4.17. The molecule has 5 N–H and O–H groups in total. The molecule has 0 aliphatic heterocycles. The van der Waals surface area contributed by atoms with Gasteiger partial charge in [-0.2, -0.15) is 0 Å². The molecule has 1 aromatic heterocycles. The maximum Gasteiger partial charge on any atom is 0.305 e. The lowest BCUT2D eigenvalue weighted by Crippen LogP contribution is -2.45. The van der Waals surface area contributed by atoms with Gasteiger partial charge in [-0.05, 0) is 68.1 Å². The van der Waals surface area contributed by atoms with Gasteiger partial charge in [0, 0.05) is 32.1 Å². The molecule has 4 rings (SSSR count). The number of phenols is 2. The number of benzene rings is 2. The highest BCUT2D eigenvalue weighted by atomic mass is 35.5. The van der Waals surface area contributed by atoms with Gasteiger partial charge in [-0.15, -0.1) is 0 Å². The molecule has 206 valence electrons. The topological polar surface area (TPSA) is 118 Å². The van der Waals surface area contributed by atoms with Crippen LogP contribution in [0.2, 0.25) is 5.02 Å². The number of nitrogens with one attached hydrogen (secondary N) is 3. The fourth-order valence-electron chi connectivity index (χ4n) is 5.12. The third-order valence-corrected chi connectivity index (χ3v) is 8.45. The molecule has 0 unspecified atom stereocenters. The van der Waals surface area contributed by atoms with E-state index in [2.05, 4.69) is 20.5 Å². The Morgan fingerprint density at radius 3 is 2.53 bits per heavy atom. The Kier molecular flexibility index (Phi) is 10.5. The van der Waals surface area contributed by atoms with Crippen LogP contribution in [0.1, 0.15) is 49.7 Å². The van der Waals surface area contributed by atoms with E-state index in [1.54, 1.807) is 18.2 Å². The van der Waals surface area contributed by atoms with Crippen LogP contribution in [0, 0.1) is 0 Å². The van der Waals surface area contributed by atoms with Crippen LogP contribution in [-0.2, 0) is 17.6 Å². The zero-order chi connectivity index (χ0) is 26.9.